The summed E-state index contributed by atoms with van der Waals surface area (Å²) < 4.78 is 44.5. The van der Waals surface area contributed by atoms with Gasteiger partial charge in [0.25, 0.3) is 0 Å². The Labute approximate surface area is 261 Å². The Morgan fingerprint density at radius 1 is 0.886 bits per heavy atom. The van der Waals surface area contributed by atoms with Crippen molar-refractivity contribution >= 4 is 31.4 Å². The van der Waals surface area contributed by atoms with E-state index >= 15 is 0 Å². The van der Waals surface area contributed by atoms with Crippen molar-refractivity contribution in [1.29, 1.82) is 0 Å². The smallest absolute Gasteiger partial charge is 0.312 e. The van der Waals surface area contributed by atoms with Gasteiger partial charge in [-0.15, -0.1) is 0 Å². The highest BCUT2D eigenvalue weighted by Crippen LogP contribution is 2.35. The number of benzene rings is 4. The van der Waals surface area contributed by atoms with Crippen molar-refractivity contribution in [2.45, 2.75) is 31.2 Å². The van der Waals surface area contributed by atoms with Crippen LogP contribution in [0.1, 0.15) is 40.3 Å². The SMILES string of the molecule is COc1ccc(C(NC[C@H](O[Si]C)c2ccc(OCc3ccccc3)c(NS(C)(=O)=O)c2)C(C(=O)O)c2ccccc2)cc1. The summed E-state index contributed by atoms with van der Waals surface area (Å²) in [6, 6.07) is 30.6. The maximum Gasteiger partial charge on any atom is 0.312 e. The predicted octanol–water partition coefficient (Wildman–Crippen LogP) is 5.57. The molecule has 0 aliphatic carbocycles. The first-order chi connectivity index (χ1) is 21.2. The Morgan fingerprint density at radius 2 is 1.52 bits per heavy atom. The molecule has 2 radical (unpaired) electrons. The molecule has 3 N–H and O–H groups in total. The van der Waals surface area contributed by atoms with E-state index in [1.165, 1.54) is 0 Å². The van der Waals surface area contributed by atoms with Gasteiger partial charge in [-0.25, -0.2) is 8.42 Å². The van der Waals surface area contributed by atoms with Gasteiger partial charge >= 0.3 is 5.97 Å². The van der Waals surface area contributed by atoms with Crippen molar-refractivity contribution < 1.29 is 32.2 Å². The first-order valence-electron chi connectivity index (χ1n) is 13.9. The van der Waals surface area contributed by atoms with Gasteiger partial charge < -0.3 is 24.3 Å². The minimum atomic E-state index is -3.62. The summed E-state index contributed by atoms with van der Waals surface area (Å²) in [7, 11) is -1.92. The van der Waals surface area contributed by atoms with Crippen molar-refractivity contribution in [1.82, 2.24) is 5.32 Å². The Morgan fingerprint density at radius 3 is 2.11 bits per heavy atom. The quantitative estimate of drug-likeness (QED) is 0.137. The summed E-state index contributed by atoms with van der Waals surface area (Å²) in [5.41, 5.74) is 3.35. The van der Waals surface area contributed by atoms with Crippen LogP contribution in [0.4, 0.5) is 5.69 Å². The molecule has 230 valence electrons. The van der Waals surface area contributed by atoms with E-state index in [-0.39, 0.29) is 28.6 Å². The number of anilines is 1. The number of ether oxygens (including phenoxy) is 2. The molecule has 0 bridgehead atoms. The van der Waals surface area contributed by atoms with Crippen LogP contribution in [0.25, 0.3) is 0 Å². The number of rotatable bonds is 16. The third-order valence-electron chi connectivity index (χ3n) is 6.92. The van der Waals surface area contributed by atoms with E-state index in [2.05, 4.69) is 10.0 Å². The van der Waals surface area contributed by atoms with E-state index in [0.29, 0.717) is 22.6 Å². The predicted molar refractivity (Wildman–Crippen MR) is 172 cm³/mol. The minimum absolute atomic E-state index is 0.117. The van der Waals surface area contributed by atoms with Crippen LogP contribution < -0.4 is 19.5 Å². The maximum absolute atomic E-state index is 12.7. The van der Waals surface area contributed by atoms with Gasteiger partial charge in [-0.05, 0) is 53.1 Å². The summed E-state index contributed by atoms with van der Waals surface area (Å²) in [5.74, 6) is -0.836. The van der Waals surface area contributed by atoms with Gasteiger partial charge in [0.05, 0.1) is 25.2 Å². The molecule has 4 rings (SSSR count). The topological polar surface area (TPSA) is 123 Å². The molecule has 0 aliphatic heterocycles. The lowest BCUT2D eigenvalue weighted by atomic mass is 9.86. The summed E-state index contributed by atoms with van der Waals surface area (Å²) in [6.07, 6.45) is 0.561. The van der Waals surface area contributed by atoms with Crippen molar-refractivity contribution in [3.8, 4) is 11.5 Å². The number of hydrogen-bond acceptors (Lipinski definition) is 7. The second kappa shape index (κ2) is 15.5. The number of carbonyl (C=O) groups is 1. The molecule has 44 heavy (non-hydrogen) atoms. The van der Waals surface area contributed by atoms with Gasteiger partial charge in [-0.1, -0.05) is 78.9 Å². The summed E-state index contributed by atoms with van der Waals surface area (Å²) in [5, 5.41) is 13.8. The number of nitrogens with one attached hydrogen (secondary N) is 2. The van der Waals surface area contributed by atoms with Crippen LogP contribution in [-0.4, -0.2) is 49.2 Å². The molecule has 0 saturated carbocycles. The monoisotopic (exact) mass is 632 g/mol. The van der Waals surface area contributed by atoms with Gasteiger partial charge in [0.2, 0.25) is 19.8 Å². The van der Waals surface area contributed by atoms with Crippen LogP contribution in [0.5, 0.6) is 11.5 Å². The molecule has 9 nitrogen and oxygen atoms in total. The molecule has 0 fully saturated rings. The third kappa shape index (κ3) is 9.17. The van der Waals surface area contributed by atoms with Crippen molar-refractivity contribution in [2.75, 3.05) is 24.6 Å². The van der Waals surface area contributed by atoms with E-state index in [1.807, 2.05) is 73.3 Å². The third-order valence-corrected chi connectivity index (χ3v) is 8.04. The second-order valence-electron chi connectivity index (χ2n) is 10.1. The number of aliphatic carboxylic acids is 1. The molecule has 0 aromatic heterocycles. The normalized spacial score (nSPS) is 13.4. The van der Waals surface area contributed by atoms with Crippen LogP contribution in [0.2, 0.25) is 6.55 Å². The van der Waals surface area contributed by atoms with E-state index in [4.69, 9.17) is 13.9 Å². The highest BCUT2D eigenvalue weighted by Gasteiger charge is 2.32. The van der Waals surface area contributed by atoms with Crippen molar-refractivity contribution in [2.24, 2.45) is 0 Å². The average Bonchev–Trinajstić information content (AvgIpc) is 3.02. The number of carboxylic acids is 1. The van der Waals surface area contributed by atoms with Crippen LogP contribution in [0.15, 0.2) is 103 Å². The molecule has 0 saturated heterocycles. The Balaban J connectivity index is 1.65. The van der Waals surface area contributed by atoms with E-state index in [9.17, 15) is 18.3 Å². The lowest BCUT2D eigenvalue weighted by molar-refractivity contribution is -0.139. The van der Waals surface area contributed by atoms with Crippen LogP contribution in [0, 0.1) is 0 Å². The minimum Gasteiger partial charge on any atom is -0.497 e. The van der Waals surface area contributed by atoms with Crippen molar-refractivity contribution in [3.63, 3.8) is 0 Å². The molecule has 4 aromatic rings. The van der Waals surface area contributed by atoms with Crippen LogP contribution >= 0.6 is 0 Å². The lowest BCUT2D eigenvalue weighted by Crippen LogP contribution is -2.35. The zero-order valence-electron chi connectivity index (χ0n) is 24.8. The van der Waals surface area contributed by atoms with Crippen LogP contribution in [0.3, 0.4) is 0 Å². The second-order valence-corrected chi connectivity index (χ2v) is 12.5. The van der Waals surface area contributed by atoms with Crippen molar-refractivity contribution in [3.05, 3.63) is 125 Å². The van der Waals surface area contributed by atoms with Gasteiger partial charge in [0, 0.05) is 12.6 Å². The van der Waals surface area contributed by atoms with E-state index in [0.717, 1.165) is 17.4 Å². The largest absolute Gasteiger partial charge is 0.497 e. The summed E-state index contributed by atoms with van der Waals surface area (Å²) >= 11 is 0. The fraction of sp³-hybridized carbons (Fsp3) is 0.242. The molecule has 4 aromatic carbocycles. The lowest BCUT2D eigenvalue weighted by Gasteiger charge is -2.29. The summed E-state index contributed by atoms with van der Waals surface area (Å²) in [4.78, 5) is 12.7. The highest BCUT2D eigenvalue weighted by molar-refractivity contribution is 7.92. The molecule has 3 atom stereocenters. The molecule has 11 heteroatoms. The average molecular weight is 633 g/mol. The fourth-order valence-electron chi connectivity index (χ4n) is 4.87. The standard InChI is InChI=1S/C33H36N2O7SSi/c1-40-27-17-14-25(15-18-27)32(31(33(36)37)24-12-8-5-9-13-24)34-21-30(42-44-3)26-16-19-29(28(20-26)35-43(2,38)39)41-22-23-10-6-4-7-11-23/h4-20,30-32,34-35H,21-22H2,1-3H3,(H,36,37)/t30-,31?,32?/m0/s1. The molecule has 0 heterocycles. The van der Waals surface area contributed by atoms with Gasteiger partial charge in [0.1, 0.15) is 24.0 Å². The molecular formula is C33H36N2O7SSi. The van der Waals surface area contributed by atoms with Crippen LogP contribution in [-0.2, 0) is 25.9 Å². The Kier molecular flexibility index (Phi) is 11.6. The molecule has 0 aliphatic rings. The molecule has 2 unspecified atom stereocenters. The maximum atomic E-state index is 12.7. The zero-order chi connectivity index (χ0) is 31.5. The highest BCUT2D eigenvalue weighted by atomic mass is 32.2. The zero-order valence-corrected chi connectivity index (χ0v) is 26.6. The Bertz CT molecular complexity index is 1600. The van der Waals surface area contributed by atoms with Gasteiger partial charge in [-0.3, -0.25) is 9.52 Å². The van der Waals surface area contributed by atoms with Gasteiger partial charge in [-0.2, -0.15) is 0 Å². The van der Waals surface area contributed by atoms with E-state index in [1.54, 1.807) is 43.5 Å². The van der Waals surface area contributed by atoms with E-state index < -0.39 is 34.1 Å². The molecule has 0 amide bonds. The number of methoxy groups -OCH3 is 1. The first kappa shape index (κ1) is 32.7. The fourth-order valence-corrected chi connectivity index (χ4v) is 5.93. The number of hydrogen-bond donors (Lipinski definition) is 3. The first-order valence-corrected chi connectivity index (χ1v) is 17.2. The van der Waals surface area contributed by atoms with Gasteiger partial charge in [0.15, 0.2) is 0 Å². The number of sulfonamides is 1. The number of carboxylic acid groups (broad SMARTS) is 1. The summed E-state index contributed by atoms with van der Waals surface area (Å²) in [6.45, 7) is 2.40. The molecule has 0 spiro atoms. The Hall–Kier alpha value is -4.16. The molecular weight excluding hydrogens is 597 g/mol.